The zero-order valence-corrected chi connectivity index (χ0v) is 12.4. The van der Waals surface area contributed by atoms with E-state index in [2.05, 4.69) is 32.0 Å². The van der Waals surface area contributed by atoms with Gasteiger partial charge in [0.1, 0.15) is 0 Å². The Hall–Kier alpha value is -1.11. The lowest BCUT2D eigenvalue weighted by molar-refractivity contribution is 0.0908. The summed E-state index contributed by atoms with van der Waals surface area (Å²) in [7, 11) is 0. The highest BCUT2D eigenvalue weighted by Crippen LogP contribution is 2.25. The van der Waals surface area contributed by atoms with Crippen molar-refractivity contribution in [2.24, 2.45) is 5.92 Å². The number of fused-ring (bicyclic) bond motifs is 1. The molecule has 0 N–H and O–H groups in total. The summed E-state index contributed by atoms with van der Waals surface area (Å²) < 4.78 is 0. The van der Waals surface area contributed by atoms with Gasteiger partial charge in [0.15, 0.2) is 5.78 Å². The Morgan fingerprint density at radius 1 is 1.16 bits per heavy atom. The molecule has 0 fully saturated rings. The van der Waals surface area contributed by atoms with Crippen molar-refractivity contribution in [3.63, 3.8) is 0 Å². The summed E-state index contributed by atoms with van der Waals surface area (Å²) in [6, 6.07) is 6.42. The Bertz CT molecular complexity index is 433. The van der Waals surface area contributed by atoms with Gasteiger partial charge in [0, 0.05) is 11.5 Å². The van der Waals surface area contributed by atoms with Crippen LogP contribution in [-0.4, -0.2) is 5.78 Å². The molecule has 1 nitrogen and oxygen atoms in total. The molecule has 0 heterocycles. The van der Waals surface area contributed by atoms with Gasteiger partial charge in [0.05, 0.1) is 0 Å². The number of benzene rings is 1. The van der Waals surface area contributed by atoms with Crippen LogP contribution in [-0.2, 0) is 12.8 Å². The number of carbonyl (C=O) groups is 1. The van der Waals surface area contributed by atoms with Gasteiger partial charge in [-0.1, -0.05) is 38.8 Å². The average molecular weight is 258 g/mol. The average Bonchev–Trinajstić information content (AvgIpc) is 2.47. The lowest BCUT2D eigenvalue weighted by Crippen LogP contribution is -2.15. The lowest BCUT2D eigenvalue weighted by atomic mass is 9.86. The van der Waals surface area contributed by atoms with E-state index >= 15 is 0 Å². The maximum atomic E-state index is 12.6. The Balaban J connectivity index is 2.13. The van der Waals surface area contributed by atoms with Gasteiger partial charge in [-0.3, -0.25) is 4.79 Å². The molecule has 1 heteroatoms. The van der Waals surface area contributed by atoms with Crippen LogP contribution in [0, 0.1) is 5.92 Å². The molecule has 0 amide bonds. The Kier molecular flexibility index (Phi) is 5.18. The van der Waals surface area contributed by atoms with Crippen LogP contribution >= 0.6 is 0 Å². The Labute approximate surface area is 117 Å². The van der Waals surface area contributed by atoms with Crippen molar-refractivity contribution in [1.82, 2.24) is 0 Å². The number of Topliss-reactive ketones (excluding diaryl/α,β-unsaturated/α-hetero) is 1. The van der Waals surface area contributed by atoms with Crippen LogP contribution in [0.5, 0.6) is 0 Å². The lowest BCUT2D eigenvalue weighted by Gasteiger charge is -2.18. The van der Waals surface area contributed by atoms with Crippen molar-refractivity contribution >= 4 is 5.78 Å². The first-order valence-corrected chi connectivity index (χ1v) is 7.92. The van der Waals surface area contributed by atoms with E-state index in [0.29, 0.717) is 5.78 Å². The second-order valence-corrected chi connectivity index (χ2v) is 5.80. The number of hydrogen-bond acceptors (Lipinski definition) is 1. The van der Waals surface area contributed by atoms with Gasteiger partial charge in [0.25, 0.3) is 0 Å². The summed E-state index contributed by atoms with van der Waals surface area (Å²) in [5.74, 6) is 0.589. The quantitative estimate of drug-likeness (QED) is 0.659. The van der Waals surface area contributed by atoms with Crippen molar-refractivity contribution in [3.05, 3.63) is 34.9 Å². The molecule has 0 aromatic heterocycles. The van der Waals surface area contributed by atoms with Gasteiger partial charge >= 0.3 is 0 Å². The van der Waals surface area contributed by atoms with Gasteiger partial charge < -0.3 is 0 Å². The topological polar surface area (TPSA) is 17.1 Å². The number of hydrogen-bond donors (Lipinski definition) is 0. The minimum absolute atomic E-state index is 0.224. The molecule has 0 radical (unpaired) electrons. The molecular weight excluding hydrogens is 232 g/mol. The van der Waals surface area contributed by atoms with E-state index in [9.17, 15) is 4.79 Å². The zero-order valence-electron chi connectivity index (χ0n) is 12.4. The van der Waals surface area contributed by atoms with Crippen molar-refractivity contribution in [3.8, 4) is 0 Å². The van der Waals surface area contributed by atoms with Crippen molar-refractivity contribution in [1.29, 1.82) is 0 Å². The molecule has 1 aromatic carbocycles. The van der Waals surface area contributed by atoms with Crippen LogP contribution in [0.4, 0.5) is 0 Å². The summed E-state index contributed by atoms with van der Waals surface area (Å²) in [4.78, 5) is 12.6. The molecule has 1 unspecified atom stereocenters. The number of ketones is 1. The second-order valence-electron chi connectivity index (χ2n) is 5.80. The van der Waals surface area contributed by atoms with E-state index in [1.807, 2.05) is 0 Å². The minimum Gasteiger partial charge on any atom is -0.294 e. The van der Waals surface area contributed by atoms with E-state index in [-0.39, 0.29) is 5.92 Å². The molecule has 0 spiro atoms. The molecule has 19 heavy (non-hydrogen) atoms. The summed E-state index contributed by atoms with van der Waals surface area (Å²) in [6.45, 7) is 4.33. The number of aryl methyl sites for hydroxylation is 2. The van der Waals surface area contributed by atoms with Crippen LogP contribution in [0.1, 0.15) is 73.9 Å². The van der Waals surface area contributed by atoms with E-state index in [4.69, 9.17) is 0 Å². The molecule has 2 rings (SSSR count). The summed E-state index contributed by atoms with van der Waals surface area (Å²) in [5, 5.41) is 0. The van der Waals surface area contributed by atoms with Crippen LogP contribution in [0.15, 0.2) is 18.2 Å². The Morgan fingerprint density at radius 3 is 2.58 bits per heavy atom. The molecule has 0 saturated heterocycles. The summed E-state index contributed by atoms with van der Waals surface area (Å²) in [5.41, 5.74) is 3.83. The van der Waals surface area contributed by atoms with Crippen LogP contribution in [0.2, 0.25) is 0 Å². The molecule has 1 aliphatic rings. The fourth-order valence-electron chi connectivity index (χ4n) is 3.09. The first-order chi connectivity index (χ1) is 9.26. The smallest absolute Gasteiger partial charge is 0.165 e. The largest absolute Gasteiger partial charge is 0.294 e. The molecule has 0 aliphatic heterocycles. The maximum absolute atomic E-state index is 12.6. The van der Waals surface area contributed by atoms with Crippen LogP contribution in [0.3, 0.4) is 0 Å². The van der Waals surface area contributed by atoms with Gasteiger partial charge in [-0.25, -0.2) is 0 Å². The van der Waals surface area contributed by atoms with E-state index in [1.165, 1.54) is 36.8 Å². The van der Waals surface area contributed by atoms with Gasteiger partial charge in [-0.2, -0.15) is 0 Å². The summed E-state index contributed by atoms with van der Waals surface area (Å²) in [6.07, 6.45) is 9.27. The van der Waals surface area contributed by atoms with E-state index < -0.39 is 0 Å². The number of unbranched alkanes of at least 4 members (excludes halogenated alkanes) is 1. The third-order valence-electron chi connectivity index (χ3n) is 4.40. The zero-order chi connectivity index (χ0) is 13.7. The summed E-state index contributed by atoms with van der Waals surface area (Å²) >= 11 is 0. The van der Waals surface area contributed by atoms with Gasteiger partial charge in [-0.15, -0.1) is 0 Å². The molecule has 0 bridgehead atoms. The monoisotopic (exact) mass is 258 g/mol. The third-order valence-corrected chi connectivity index (χ3v) is 4.40. The third kappa shape index (κ3) is 3.46. The van der Waals surface area contributed by atoms with Crippen molar-refractivity contribution < 1.29 is 4.79 Å². The Morgan fingerprint density at radius 2 is 1.89 bits per heavy atom. The van der Waals surface area contributed by atoms with Crippen LogP contribution in [0.25, 0.3) is 0 Å². The van der Waals surface area contributed by atoms with Crippen molar-refractivity contribution in [2.45, 2.75) is 65.2 Å². The first-order valence-electron chi connectivity index (χ1n) is 7.92. The van der Waals surface area contributed by atoms with Crippen LogP contribution < -0.4 is 0 Å². The fourth-order valence-corrected chi connectivity index (χ4v) is 3.09. The van der Waals surface area contributed by atoms with E-state index in [0.717, 1.165) is 31.2 Å². The highest BCUT2D eigenvalue weighted by atomic mass is 16.1. The highest BCUT2D eigenvalue weighted by Gasteiger charge is 2.19. The molecule has 0 saturated carbocycles. The molecule has 1 atom stereocenters. The number of rotatable bonds is 6. The predicted molar refractivity (Wildman–Crippen MR) is 80.7 cm³/mol. The second kappa shape index (κ2) is 6.88. The maximum Gasteiger partial charge on any atom is 0.165 e. The molecular formula is C18H26O. The molecule has 104 valence electrons. The van der Waals surface area contributed by atoms with Crippen molar-refractivity contribution in [2.75, 3.05) is 0 Å². The number of carbonyl (C=O) groups excluding carboxylic acids is 1. The predicted octanol–water partition coefficient (Wildman–Crippen LogP) is 4.96. The SMILES string of the molecule is CCCCC(CC)C(=O)c1ccc2c(c1)CCCC2. The normalized spacial score (nSPS) is 15.9. The van der Waals surface area contributed by atoms with E-state index in [1.54, 1.807) is 0 Å². The van der Waals surface area contributed by atoms with Gasteiger partial charge in [-0.05, 0) is 55.7 Å². The minimum atomic E-state index is 0.224. The fraction of sp³-hybridized carbons (Fsp3) is 0.611. The standard InChI is InChI=1S/C18H26O/c1-3-5-8-14(4-2)18(19)17-12-11-15-9-6-7-10-16(15)13-17/h11-14H,3-10H2,1-2H3. The first kappa shape index (κ1) is 14.3. The van der Waals surface area contributed by atoms with Gasteiger partial charge in [0.2, 0.25) is 0 Å². The molecule has 1 aliphatic carbocycles. The molecule has 1 aromatic rings. The highest BCUT2D eigenvalue weighted by molar-refractivity contribution is 5.98.